The van der Waals surface area contributed by atoms with Crippen LogP contribution in [0.25, 0.3) is 0 Å². The van der Waals surface area contributed by atoms with Crippen LogP contribution in [0.4, 0.5) is 0 Å². The van der Waals surface area contributed by atoms with Gasteiger partial charge in [-0.2, -0.15) is 0 Å². The average Bonchev–Trinajstić information content (AvgIpc) is 3.12. The van der Waals surface area contributed by atoms with Gasteiger partial charge in [-0.05, 0) is 0 Å². The van der Waals surface area contributed by atoms with E-state index in [1.54, 1.807) is 0 Å². The highest BCUT2D eigenvalue weighted by molar-refractivity contribution is 4.86. The second-order valence-electron chi connectivity index (χ2n) is 11.0. The SMILES string of the molecule is NCCOCCOCCOCCOCCOCCOCCOCCOCCN(C[C@H](O)[C@@H](O)[C@H](O)[C@H](O)CO)C[C@H](O)[C@@H](O)[C@H](O)[C@H](O)CO. The molecule has 0 saturated carbocycles. The maximum atomic E-state index is 10.4. The van der Waals surface area contributed by atoms with Crippen LogP contribution in [0.15, 0.2) is 0 Å². The summed E-state index contributed by atoms with van der Waals surface area (Å²) in [7, 11) is 0. The number of aliphatic hydroxyl groups excluding tert-OH is 10. The smallest absolute Gasteiger partial charge is 0.111 e. The molecule has 50 heavy (non-hydrogen) atoms. The van der Waals surface area contributed by atoms with E-state index < -0.39 is 62.0 Å². The van der Waals surface area contributed by atoms with Crippen molar-refractivity contribution in [3.8, 4) is 0 Å². The largest absolute Gasteiger partial charge is 0.394 e. The normalized spacial score (nSPS) is 17.0. The summed E-state index contributed by atoms with van der Waals surface area (Å²) in [5.41, 5.74) is 5.32. The monoisotopic (exact) mass is 740 g/mol. The Morgan fingerprint density at radius 1 is 0.360 bits per heavy atom. The number of aliphatic hydroxyl groups is 10. The second kappa shape index (κ2) is 34.0. The van der Waals surface area contributed by atoms with Crippen LogP contribution in [0.3, 0.4) is 0 Å². The fourth-order valence-electron chi connectivity index (χ4n) is 4.05. The van der Waals surface area contributed by atoms with Gasteiger partial charge in [0.05, 0.1) is 131 Å². The van der Waals surface area contributed by atoms with Crippen LogP contribution in [0.5, 0.6) is 0 Å². The van der Waals surface area contributed by atoms with Crippen LogP contribution in [-0.2, 0) is 37.9 Å². The maximum absolute atomic E-state index is 10.4. The lowest BCUT2D eigenvalue weighted by Crippen LogP contribution is -2.53. The highest BCUT2D eigenvalue weighted by atomic mass is 16.6. The van der Waals surface area contributed by atoms with Crippen molar-refractivity contribution < 1.29 is 89.0 Å². The minimum Gasteiger partial charge on any atom is -0.394 e. The van der Waals surface area contributed by atoms with Crippen molar-refractivity contribution in [2.45, 2.75) is 48.8 Å². The lowest BCUT2D eigenvalue weighted by molar-refractivity contribution is -0.131. The maximum Gasteiger partial charge on any atom is 0.111 e. The van der Waals surface area contributed by atoms with Gasteiger partial charge in [0.25, 0.3) is 0 Å². The molecule has 0 aliphatic heterocycles. The van der Waals surface area contributed by atoms with Crippen LogP contribution in [-0.4, -0.2) is 250 Å². The van der Waals surface area contributed by atoms with Crippen LogP contribution in [0, 0.1) is 0 Å². The predicted octanol–water partition coefficient (Wildman–Crippen LogP) is -6.75. The fourth-order valence-corrected chi connectivity index (χ4v) is 4.05. The summed E-state index contributed by atoms with van der Waals surface area (Å²) >= 11 is 0. The Morgan fingerprint density at radius 3 is 0.860 bits per heavy atom. The predicted molar refractivity (Wildman–Crippen MR) is 174 cm³/mol. The first-order chi connectivity index (χ1) is 24.1. The van der Waals surface area contributed by atoms with Crippen molar-refractivity contribution >= 4 is 0 Å². The summed E-state index contributed by atoms with van der Waals surface area (Å²) in [6.07, 6.45) is -14.2. The van der Waals surface area contributed by atoms with Gasteiger partial charge in [-0.15, -0.1) is 0 Å². The summed E-state index contributed by atoms with van der Waals surface area (Å²) in [6.45, 7) is 4.17. The Labute approximate surface area is 293 Å². The van der Waals surface area contributed by atoms with Crippen molar-refractivity contribution in [1.29, 1.82) is 0 Å². The molecule has 0 heterocycles. The molecule has 0 fully saturated rings. The Morgan fingerprint density at radius 2 is 0.600 bits per heavy atom. The molecule has 0 bridgehead atoms. The number of hydrogen-bond acceptors (Lipinski definition) is 20. The van der Waals surface area contributed by atoms with Gasteiger partial charge >= 0.3 is 0 Å². The minimum absolute atomic E-state index is 0.0370. The van der Waals surface area contributed by atoms with E-state index in [1.165, 1.54) is 4.90 Å². The Kier molecular flexibility index (Phi) is 33.5. The molecule has 0 aromatic carbocycles. The molecule has 0 radical (unpaired) electrons. The van der Waals surface area contributed by atoms with E-state index in [0.717, 1.165) is 0 Å². The molecule has 0 rings (SSSR count). The first-order valence-electron chi connectivity index (χ1n) is 16.8. The number of nitrogens with zero attached hydrogens (tertiary/aromatic N) is 1. The standard InChI is InChI=1S/C30H64N2O18/c31-1-3-43-5-7-45-9-11-47-13-15-49-17-18-50-16-14-48-12-10-46-8-6-44-4-2-32(19-23(35)27(39)29(41)25(37)21-33)20-24(36)28(40)30(42)26(38)22-34/h23-30,33-42H,1-22,31H2/t23-,24-,25+,26+,27+,28+,29+,30+/m0/s1. The minimum atomic E-state index is -1.87. The van der Waals surface area contributed by atoms with Crippen molar-refractivity contribution in [2.75, 3.05) is 145 Å². The molecule has 0 aliphatic rings. The van der Waals surface area contributed by atoms with Crippen LogP contribution in [0.2, 0.25) is 0 Å². The molecule has 0 spiro atoms. The van der Waals surface area contributed by atoms with E-state index in [0.29, 0.717) is 92.4 Å². The van der Waals surface area contributed by atoms with Gasteiger partial charge in [0.2, 0.25) is 0 Å². The number of rotatable bonds is 38. The Balaban J connectivity index is 4.03. The summed E-state index contributed by atoms with van der Waals surface area (Å²) in [6, 6.07) is 0. The third-order valence-electron chi connectivity index (χ3n) is 6.96. The van der Waals surface area contributed by atoms with E-state index in [-0.39, 0.29) is 39.5 Å². The molecule has 0 aromatic heterocycles. The van der Waals surface area contributed by atoms with E-state index in [9.17, 15) is 40.9 Å². The molecule has 20 heteroatoms. The van der Waals surface area contributed by atoms with E-state index in [1.807, 2.05) is 0 Å². The molecule has 20 nitrogen and oxygen atoms in total. The molecule has 8 atom stereocenters. The van der Waals surface area contributed by atoms with Gasteiger partial charge in [0, 0.05) is 26.2 Å². The molecule has 0 aromatic rings. The number of nitrogens with two attached hydrogens (primary N) is 1. The van der Waals surface area contributed by atoms with Gasteiger partial charge in [-0.1, -0.05) is 0 Å². The third-order valence-corrected chi connectivity index (χ3v) is 6.96. The topological polar surface area (TPSA) is 305 Å². The third kappa shape index (κ3) is 26.0. The molecular weight excluding hydrogens is 676 g/mol. The first-order valence-corrected chi connectivity index (χ1v) is 16.8. The van der Waals surface area contributed by atoms with Crippen LogP contribution < -0.4 is 5.73 Å². The van der Waals surface area contributed by atoms with Crippen molar-refractivity contribution in [3.05, 3.63) is 0 Å². The highest BCUT2D eigenvalue weighted by Crippen LogP contribution is 2.11. The number of ether oxygens (including phenoxy) is 8. The summed E-state index contributed by atoms with van der Waals surface area (Å²) in [5, 5.41) is 97.9. The van der Waals surface area contributed by atoms with Crippen LogP contribution >= 0.6 is 0 Å². The molecule has 12 N–H and O–H groups in total. The zero-order chi connectivity index (χ0) is 37.4. The Hall–Kier alpha value is -0.800. The van der Waals surface area contributed by atoms with Crippen molar-refractivity contribution in [1.82, 2.24) is 4.90 Å². The van der Waals surface area contributed by atoms with Crippen molar-refractivity contribution in [2.24, 2.45) is 5.73 Å². The van der Waals surface area contributed by atoms with E-state index in [4.69, 9.17) is 53.8 Å². The first kappa shape index (κ1) is 49.2. The van der Waals surface area contributed by atoms with E-state index >= 15 is 0 Å². The molecule has 0 unspecified atom stereocenters. The molecule has 0 saturated heterocycles. The molecular formula is C30H64N2O18. The lowest BCUT2D eigenvalue weighted by Gasteiger charge is -2.33. The Bertz CT molecular complexity index is 693. The van der Waals surface area contributed by atoms with Gasteiger partial charge in [-0.25, -0.2) is 0 Å². The summed E-state index contributed by atoms with van der Waals surface area (Å²) in [5.74, 6) is 0. The molecule has 0 aliphatic carbocycles. The molecule has 0 amide bonds. The van der Waals surface area contributed by atoms with Gasteiger partial charge in [0.15, 0.2) is 0 Å². The molecule has 302 valence electrons. The van der Waals surface area contributed by atoms with Gasteiger partial charge in [-0.3, -0.25) is 4.90 Å². The van der Waals surface area contributed by atoms with E-state index in [2.05, 4.69) is 0 Å². The fraction of sp³-hybridized carbons (Fsp3) is 1.00. The highest BCUT2D eigenvalue weighted by Gasteiger charge is 2.34. The zero-order valence-electron chi connectivity index (χ0n) is 28.9. The number of hydrogen-bond donors (Lipinski definition) is 11. The summed E-state index contributed by atoms with van der Waals surface area (Å²) < 4.78 is 43.2. The van der Waals surface area contributed by atoms with Gasteiger partial charge < -0.3 is 94.7 Å². The van der Waals surface area contributed by atoms with Crippen molar-refractivity contribution in [3.63, 3.8) is 0 Å². The average molecular weight is 741 g/mol. The second-order valence-corrected chi connectivity index (χ2v) is 11.0. The van der Waals surface area contributed by atoms with Gasteiger partial charge in [0.1, 0.15) is 36.6 Å². The quantitative estimate of drug-likeness (QED) is 0.0262. The summed E-state index contributed by atoms with van der Waals surface area (Å²) in [4.78, 5) is 1.35. The zero-order valence-corrected chi connectivity index (χ0v) is 28.9. The lowest BCUT2D eigenvalue weighted by atomic mass is 10.0. The van der Waals surface area contributed by atoms with Crippen LogP contribution in [0.1, 0.15) is 0 Å².